The first-order valence-corrected chi connectivity index (χ1v) is 49.6. The highest BCUT2D eigenvalue weighted by Gasteiger charge is 2.67. The Labute approximate surface area is 846 Å². The molecular formula is C108H124F28O13. The van der Waals surface area contributed by atoms with E-state index in [0.717, 1.165) is 118 Å². The van der Waals surface area contributed by atoms with Gasteiger partial charge in [-0.05, 0) is 206 Å². The second-order valence-electron chi connectivity index (χ2n) is 40.6. The molecule has 41 heteroatoms. The van der Waals surface area contributed by atoms with E-state index in [-0.39, 0.29) is 56.9 Å². The first-order chi connectivity index (χ1) is 70.0. The van der Waals surface area contributed by atoms with Crippen molar-refractivity contribution in [3.8, 4) is 17.2 Å². The summed E-state index contributed by atoms with van der Waals surface area (Å²) in [4.78, 5) is 0. The van der Waals surface area contributed by atoms with Crippen LogP contribution in [0.5, 0.6) is 17.2 Å². The SMILES string of the molecule is C=C(c1cc(F)c(C=C(F)F)c(F)c1)C1OCC(C2CCC(C)CC2)CO1.C=C(c1cc(F)c(OC(F)C(F)(F)C(F)(F)F)c(F)c1)C1OCC(C2CCC(C)CC2)CO1.C=C(c1ccc(C=C(F)F)c(F)c1)C1OCC(C2CCC(C)CC2)CO1.C=C(c1ccc(OC(F)C(F)(F)C(F)(F)F)c(F)c1)C1OCC(C2CCC(C)CC2)CO1.C=C(c1ccc(OC(F)C(F)(F)C(F)(F)F)cc1)C1OCC(C2CCC(C)CC2)CO1. The van der Waals surface area contributed by atoms with Crippen molar-refractivity contribution >= 4 is 40.0 Å². The Balaban J connectivity index is 0.000000177. The minimum atomic E-state index is -6.31. The number of halogens is 28. The van der Waals surface area contributed by atoms with Gasteiger partial charge in [0.2, 0.25) is 0 Å². The van der Waals surface area contributed by atoms with E-state index in [2.05, 4.69) is 81.7 Å². The number of benzene rings is 5. The Morgan fingerprint density at radius 1 is 0.275 bits per heavy atom. The molecule has 0 amide bonds. The molecule has 5 heterocycles. The molecule has 5 aromatic carbocycles. The third-order valence-electron chi connectivity index (χ3n) is 29.6. The zero-order valence-electron chi connectivity index (χ0n) is 82.7. The van der Waals surface area contributed by atoms with E-state index in [1.54, 1.807) is 6.07 Å². The lowest BCUT2D eigenvalue weighted by atomic mass is 9.76. The van der Waals surface area contributed by atoms with Crippen LogP contribution in [0.4, 0.5) is 123 Å². The third-order valence-corrected chi connectivity index (χ3v) is 29.6. The Morgan fingerprint density at radius 3 is 0.779 bits per heavy atom. The number of rotatable bonds is 26. The molecule has 3 atom stereocenters. The van der Waals surface area contributed by atoms with E-state index in [4.69, 9.17) is 47.4 Å². The van der Waals surface area contributed by atoms with Crippen LogP contribution in [0.15, 0.2) is 130 Å². The monoisotopic (exact) mass is 2160 g/mol. The molecule has 5 saturated heterocycles. The van der Waals surface area contributed by atoms with Crippen molar-refractivity contribution < 1.29 is 185 Å². The van der Waals surface area contributed by atoms with Crippen LogP contribution < -0.4 is 14.2 Å². The molecule has 5 aliphatic carbocycles. The lowest BCUT2D eigenvalue weighted by Gasteiger charge is -2.37. The van der Waals surface area contributed by atoms with E-state index in [9.17, 15) is 123 Å². The van der Waals surface area contributed by atoms with Gasteiger partial charge in [-0.1, -0.05) is 162 Å². The minimum Gasteiger partial charge on any atom is -0.454 e. The molecule has 0 N–H and O–H groups in total. The summed E-state index contributed by atoms with van der Waals surface area (Å²) in [7, 11) is 0. The smallest absolute Gasteiger partial charge is 0.454 e. The molecule has 15 rings (SSSR count). The van der Waals surface area contributed by atoms with E-state index in [0.29, 0.717) is 160 Å². The van der Waals surface area contributed by atoms with Gasteiger partial charge < -0.3 is 61.6 Å². The fraction of sp³-hybridized carbons (Fsp3) is 0.593. The summed E-state index contributed by atoms with van der Waals surface area (Å²) in [5, 5.41) is 0. The van der Waals surface area contributed by atoms with E-state index in [1.165, 1.54) is 101 Å². The molecule has 0 spiro atoms. The number of ether oxygens (including phenoxy) is 13. The molecule has 10 fully saturated rings. The molecule has 0 bridgehead atoms. The Kier molecular flexibility index (Phi) is 42.9. The van der Waals surface area contributed by atoms with Crippen molar-refractivity contribution in [2.45, 2.75) is 250 Å². The van der Waals surface area contributed by atoms with Crippen LogP contribution in [0, 0.1) is 124 Å². The van der Waals surface area contributed by atoms with Crippen LogP contribution in [0.25, 0.3) is 40.0 Å². The summed E-state index contributed by atoms with van der Waals surface area (Å²) in [6.45, 7) is 35.4. The Hall–Kier alpha value is -8.68. The predicted octanol–water partition coefficient (Wildman–Crippen LogP) is 31.5. The third kappa shape index (κ3) is 32.5. The van der Waals surface area contributed by atoms with Gasteiger partial charge in [0, 0.05) is 75.2 Å². The van der Waals surface area contributed by atoms with E-state index < -0.39 is 157 Å². The average molecular weight is 2160 g/mol. The minimum absolute atomic E-state index is 0.00693. The van der Waals surface area contributed by atoms with Crippen molar-refractivity contribution in [1.29, 1.82) is 0 Å². The van der Waals surface area contributed by atoms with E-state index >= 15 is 0 Å². The highest BCUT2D eigenvalue weighted by molar-refractivity contribution is 5.71. The van der Waals surface area contributed by atoms with Crippen molar-refractivity contribution in [3.63, 3.8) is 0 Å². The van der Waals surface area contributed by atoms with Gasteiger partial charge in [-0.3, -0.25) is 0 Å². The highest BCUT2D eigenvalue weighted by atomic mass is 19.4. The Morgan fingerprint density at radius 2 is 0.510 bits per heavy atom. The molecule has 5 saturated carbocycles. The average Bonchev–Trinajstić information content (AvgIpc) is 0.783. The van der Waals surface area contributed by atoms with Crippen molar-refractivity contribution in [2.75, 3.05) is 66.1 Å². The maximum Gasteiger partial charge on any atom is 0.460 e. The van der Waals surface area contributed by atoms with E-state index in [1.807, 2.05) is 0 Å². The lowest BCUT2D eigenvalue weighted by molar-refractivity contribution is -0.328. The Bertz CT molecular complexity index is 5190. The fourth-order valence-electron chi connectivity index (χ4n) is 19.7. The van der Waals surface area contributed by atoms with Crippen LogP contribution in [-0.2, 0) is 47.4 Å². The summed E-state index contributed by atoms with van der Waals surface area (Å²) in [5.41, 5.74) is 1.67. The maximum absolute atomic E-state index is 14.2. The van der Waals surface area contributed by atoms with Gasteiger partial charge in [-0.25, -0.2) is 26.3 Å². The van der Waals surface area contributed by atoms with Gasteiger partial charge in [0.05, 0.1) is 71.6 Å². The van der Waals surface area contributed by atoms with Crippen LogP contribution >= 0.6 is 0 Å². The number of hydrogen-bond acceptors (Lipinski definition) is 13. The second kappa shape index (κ2) is 53.0. The quantitative estimate of drug-likeness (QED) is 0.0489. The molecule has 5 aliphatic heterocycles. The summed E-state index contributed by atoms with van der Waals surface area (Å²) >= 11 is 0. The molecule has 0 aromatic heterocycles. The molecule has 3 unspecified atom stereocenters. The summed E-state index contributed by atoms with van der Waals surface area (Å²) in [6, 6.07) is 14.8. The van der Waals surface area contributed by atoms with Crippen LogP contribution in [-0.4, -0.2) is 153 Å². The molecule has 10 aliphatic rings. The van der Waals surface area contributed by atoms with Gasteiger partial charge in [0.1, 0.15) is 23.2 Å². The van der Waals surface area contributed by atoms with Gasteiger partial charge in [0.15, 0.2) is 60.4 Å². The zero-order valence-corrected chi connectivity index (χ0v) is 82.7. The first kappa shape index (κ1) is 121. The summed E-state index contributed by atoms with van der Waals surface area (Å²) in [5.74, 6) is -20.3. The largest absolute Gasteiger partial charge is 0.460 e. The molecule has 830 valence electrons. The van der Waals surface area contributed by atoms with Gasteiger partial charge >= 0.3 is 55.4 Å². The van der Waals surface area contributed by atoms with Crippen LogP contribution in [0.2, 0.25) is 0 Å². The van der Waals surface area contributed by atoms with Crippen molar-refractivity contribution in [1.82, 2.24) is 0 Å². The molecule has 0 radical (unpaired) electrons. The van der Waals surface area contributed by atoms with Gasteiger partial charge in [-0.2, -0.15) is 96.6 Å². The predicted molar refractivity (Wildman–Crippen MR) is 499 cm³/mol. The fourth-order valence-corrected chi connectivity index (χ4v) is 19.7. The molecular weight excluding hydrogens is 2040 g/mol. The van der Waals surface area contributed by atoms with Crippen LogP contribution in [0.3, 0.4) is 0 Å². The zero-order chi connectivity index (χ0) is 109. The molecule has 149 heavy (non-hydrogen) atoms. The first-order valence-electron chi connectivity index (χ1n) is 49.6. The summed E-state index contributed by atoms with van der Waals surface area (Å²) in [6.07, 6.45) is -14.9. The van der Waals surface area contributed by atoms with Crippen LogP contribution in [0.1, 0.15) is 202 Å². The molecule has 13 nitrogen and oxygen atoms in total. The highest BCUT2D eigenvalue weighted by Crippen LogP contribution is 2.49. The van der Waals surface area contributed by atoms with Crippen molar-refractivity contribution in [3.05, 3.63) is 204 Å². The van der Waals surface area contributed by atoms with Gasteiger partial charge in [-0.15, -0.1) is 0 Å². The number of hydrogen-bond donors (Lipinski definition) is 0. The second-order valence-corrected chi connectivity index (χ2v) is 40.6. The molecule has 5 aromatic rings. The number of alkyl halides is 18. The van der Waals surface area contributed by atoms with Crippen molar-refractivity contribution in [2.24, 2.45) is 88.8 Å². The lowest BCUT2D eigenvalue weighted by Crippen LogP contribution is -2.47. The standard InChI is InChI=1S/C22H24F8O3.C22H25F7O3.C22H26F6O3.C21H24F4O2.C21H25F3O2/c1-11-3-5-13(6-4-11)15-9-31-19(32-10-15)12(2)14-7-16(23)18(17(24)8-14)33-20(25)21(26,27)22(28,29)30;1-12-3-5-14(6-4-12)16-10-30-19(31-11-16)13(2)15-7-8-18(17(23)9-15)32-20(24)21(25,26)22(27,28)29;1-13-3-5-16(6-4-13)17-11-29-19(30-12-17)14(2)15-7-9-18(10-8-15)31-20(23)21(24,25)22(26,27)28;1-12-3-5-14(6-4-12)16-10-26-21(27-11-16)13(2)15-7-18(22)17(9-20(24)25)19(23)8-15;1-13-3-5-15(6-4-13)18-11-25-21(26-12-18)14(2)16-7-8-17(10-20(23)24)19(22)9-16/h7-8,11,13,15,19-20H,2-6,9-10H2,1H3;7-9,12,14,16,19-20H,2-6,10-11H2,1H3;7-10,13,16-17,19-20H,2-6,11-12H2,1H3;7-9,12,14,16,21H,2-6,10-11H2,1H3;7-10,13,15,18,21H,2-6,11-12H2,1H3. The normalized spacial score (nSPS) is 28.5. The maximum atomic E-state index is 14.2. The topological polar surface area (TPSA) is 120 Å². The summed E-state index contributed by atoms with van der Waals surface area (Å²) < 4.78 is 431. The van der Waals surface area contributed by atoms with Gasteiger partial charge in [0.25, 0.3) is 12.2 Å².